The van der Waals surface area contributed by atoms with E-state index in [2.05, 4.69) is 11.8 Å². The summed E-state index contributed by atoms with van der Waals surface area (Å²) < 4.78 is 35.8. The molecular weight excluding hydrogens is 223 g/mol. The van der Waals surface area contributed by atoms with E-state index in [1.807, 2.05) is 0 Å². The van der Waals surface area contributed by atoms with Gasteiger partial charge in [0.05, 0.1) is 0 Å². The zero-order valence-electron chi connectivity index (χ0n) is 7.30. The molecule has 0 aliphatic carbocycles. The van der Waals surface area contributed by atoms with Crippen LogP contribution in [0.5, 0.6) is 0 Å². The molecule has 0 N–H and O–H groups in total. The molecule has 0 fully saturated rings. The first-order valence-electron chi connectivity index (χ1n) is 3.77. The minimum Gasteiger partial charge on any atom is -0.183 e. The van der Waals surface area contributed by atoms with Gasteiger partial charge < -0.3 is 0 Å². The van der Waals surface area contributed by atoms with E-state index in [4.69, 9.17) is 5.26 Å². The Kier molecular flexibility index (Phi) is 3.65. The molecule has 0 radical (unpaired) electrons. The molecule has 76 valence electrons. The van der Waals surface area contributed by atoms with E-state index >= 15 is 0 Å². The summed E-state index contributed by atoms with van der Waals surface area (Å²) >= 11 is -0.180. The van der Waals surface area contributed by atoms with Gasteiger partial charge in [-0.15, -0.1) is 0 Å². The second-order valence-electron chi connectivity index (χ2n) is 2.43. The van der Waals surface area contributed by atoms with Gasteiger partial charge in [-0.05, 0) is 36.0 Å². The lowest BCUT2D eigenvalue weighted by atomic mass is 10.2. The Morgan fingerprint density at radius 1 is 1.13 bits per heavy atom. The summed E-state index contributed by atoms with van der Waals surface area (Å²) in [5.74, 6) is 4.64. The molecule has 5 heteroatoms. The zero-order chi connectivity index (χ0) is 11.3. The van der Waals surface area contributed by atoms with Crippen molar-refractivity contribution in [3.8, 4) is 17.9 Å². The van der Waals surface area contributed by atoms with Gasteiger partial charge >= 0.3 is 5.51 Å². The van der Waals surface area contributed by atoms with Crippen LogP contribution in [0, 0.1) is 23.2 Å². The summed E-state index contributed by atoms with van der Waals surface area (Å²) in [6.45, 7) is 0. The van der Waals surface area contributed by atoms with Crippen LogP contribution in [0.15, 0.2) is 29.2 Å². The first-order chi connectivity index (χ1) is 7.01. The third-order valence-corrected chi connectivity index (χ3v) is 2.09. The van der Waals surface area contributed by atoms with E-state index < -0.39 is 5.51 Å². The first kappa shape index (κ1) is 11.5. The number of alkyl halides is 3. The van der Waals surface area contributed by atoms with Crippen molar-refractivity contribution in [3.05, 3.63) is 29.8 Å². The summed E-state index contributed by atoms with van der Waals surface area (Å²) in [7, 11) is 0. The molecule has 1 aromatic carbocycles. The maximum absolute atomic E-state index is 11.9. The number of hydrogen-bond acceptors (Lipinski definition) is 2. The summed E-state index contributed by atoms with van der Waals surface area (Å²) in [5.41, 5.74) is -3.76. The highest BCUT2D eigenvalue weighted by Gasteiger charge is 2.28. The van der Waals surface area contributed by atoms with Crippen molar-refractivity contribution in [3.63, 3.8) is 0 Å². The average molecular weight is 227 g/mol. The molecule has 0 saturated carbocycles. The minimum atomic E-state index is -4.28. The lowest BCUT2D eigenvalue weighted by Crippen LogP contribution is -1.98. The van der Waals surface area contributed by atoms with Crippen LogP contribution in [0.25, 0.3) is 0 Å². The van der Waals surface area contributed by atoms with Crippen molar-refractivity contribution < 1.29 is 13.2 Å². The van der Waals surface area contributed by atoms with Crippen molar-refractivity contribution >= 4 is 11.8 Å². The highest BCUT2D eigenvalue weighted by molar-refractivity contribution is 8.00. The SMILES string of the molecule is N#CC#Cc1ccc(SC(F)(F)F)cc1. The largest absolute Gasteiger partial charge is 0.446 e. The number of thioether (sulfide) groups is 1. The van der Waals surface area contributed by atoms with Gasteiger partial charge in [0.2, 0.25) is 0 Å². The van der Waals surface area contributed by atoms with Crippen LogP contribution >= 0.6 is 11.8 Å². The second-order valence-corrected chi connectivity index (χ2v) is 3.57. The van der Waals surface area contributed by atoms with Crippen molar-refractivity contribution in [1.82, 2.24) is 0 Å². The molecule has 0 heterocycles. The standard InChI is InChI=1S/C10H4F3NS/c11-10(12,13)15-9-5-3-8(4-6-9)2-1-7-14/h3-6H. The van der Waals surface area contributed by atoms with Crippen molar-refractivity contribution in [1.29, 1.82) is 5.26 Å². The maximum atomic E-state index is 11.9. The van der Waals surface area contributed by atoms with Crippen LogP contribution in [0.1, 0.15) is 5.56 Å². The summed E-state index contributed by atoms with van der Waals surface area (Å²) in [4.78, 5) is 0.102. The number of halogens is 3. The molecule has 0 aromatic heterocycles. The topological polar surface area (TPSA) is 23.8 Å². The lowest BCUT2D eigenvalue weighted by molar-refractivity contribution is -0.0328. The Balaban J connectivity index is 2.78. The Hall–Kier alpha value is -1.59. The first-order valence-corrected chi connectivity index (χ1v) is 4.59. The summed E-state index contributed by atoms with van der Waals surface area (Å²) in [6.07, 6.45) is 0. The number of hydrogen-bond donors (Lipinski definition) is 0. The van der Waals surface area contributed by atoms with Gasteiger partial charge in [-0.2, -0.15) is 18.4 Å². The monoisotopic (exact) mass is 227 g/mol. The van der Waals surface area contributed by atoms with Gasteiger partial charge in [0.15, 0.2) is 6.07 Å². The van der Waals surface area contributed by atoms with Gasteiger partial charge in [0, 0.05) is 16.4 Å². The molecule has 0 aliphatic heterocycles. The van der Waals surface area contributed by atoms with Crippen molar-refractivity contribution in [2.45, 2.75) is 10.4 Å². The van der Waals surface area contributed by atoms with Gasteiger partial charge in [0.25, 0.3) is 0 Å². The van der Waals surface area contributed by atoms with Gasteiger partial charge in [-0.3, -0.25) is 0 Å². The van der Waals surface area contributed by atoms with Crippen LogP contribution in [0.4, 0.5) is 13.2 Å². The van der Waals surface area contributed by atoms with E-state index in [-0.39, 0.29) is 16.7 Å². The average Bonchev–Trinajstić information content (AvgIpc) is 2.14. The molecule has 15 heavy (non-hydrogen) atoms. The molecule has 0 unspecified atom stereocenters. The fourth-order valence-electron chi connectivity index (χ4n) is 0.840. The predicted molar refractivity (Wildman–Crippen MR) is 50.8 cm³/mol. The smallest absolute Gasteiger partial charge is 0.183 e. The third-order valence-electron chi connectivity index (χ3n) is 1.35. The molecule has 0 spiro atoms. The highest BCUT2D eigenvalue weighted by Crippen LogP contribution is 2.36. The minimum absolute atomic E-state index is 0.102. The molecule has 0 atom stereocenters. The lowest BCUT2D eigenvalue weighted by Gasteiger charge is -2.04. The van der Waals surface area contributed by atoms with E-state index in [1.165, 1.54) is 24.3 Å². The normalized spacial score (nSPS) is 10.0. The molecule has 1 aromatic rings. The molecule has 0 aliphatic rings. The molecule has 0 amide bonds. The van der Waals surface area contributed by atoms with Crippen LogP contribution in [-0.2, 0) is 0 Å². The van der Waals surface area contributed by atoms with Crippen LogP contribution in [-0.4, -0.2) is 5.51 Å². The molecule has 1 rings (SSSR count). The predicted octanol–water partition coefficient (Wildman–Crippen LogP) is 3.17. The van der Waals surface area contributed by atoms with Crippen LogP contribution in [0.3, 0.4) is 0 Å². The van der Waals surface area contributed by atoms with Gasteiger partial charge in [-0.25, -0.2) is 0 Å². The van der Waals surface area contributed by atoms with Crippen LogP contribution in [0.2, 0.25) is 0 Å². The molecule has 0 saturated heterocycles. The Morgan fingerprint density at radius 2 is 1.73 bits per heavy atom. The quantitative estimate of drug-likeness (QED) is 0.543. The van der Waals surface area contributed by atoms with E-state index in [0.29, 0.717) is 5.56 Å². The molecule has 1 nitrogen and oxygen atoms in total. The number of nitrogens with zero attached hydrogens (tertiary/aromatic N) is 1. The van der Waals surface area contributed by atoms with E-state index in [1.54, 1.807) is 6.07 Å². The zero-order valence-corrected chi connectivity index (χ0v) is 8.12. The van der Waals surface area contributed by atoms with Gasteiger partial charge in [0.1, 0.15) is 0 Å². The van der Waals surface area contributed by atoms with Crippen molar-refractivity contribution in [2.75, 3.05) is 0 Å². The second kappa shape index (κ2) is 4.77. The van der Waals surface area contributed by atoms with Gasteiger partial charge in [-0.1, -0.05) is 5.92 Å². The Morgan fingerprint density at radius 3 is 2.20 bits per heavy atom. The van der Waals surface area contributed by atoms with E-state index in [9.17, 15) is 13.2 Å². The van der Waals surface area contributed by atoms with Crippen molar-refractivity contribution in [2.24, 2.45) is 0 Å². The fourth-order valence-corrected chi connectivity index (χ4v) is 1.38. The molecular formula is C10H4F3NS. The summed E-state index contributed by atoms with van der Waals surface area (Å²) in [6, 6.07) is 7.15. The number of benzene rings is 1. The maximum Gasteiger partial charge on any atom is 0.446 e. The Bertz CT molecular complexity index is 431. The summed E-state index contributed by atoms with van der Waals surface area (Å²) in [5, 5.41) is 8.16. The molecule has 0 bridgehead atoms. The fraction of sp³-hybridized carbons (Fsp3) is 0.100. The third kappa shape index (κ3) is 4.44. The highest BCUT2D eigenvalue weighted by atomic mass is 32.2. The van der Waals surface area contributed by atoms with Crippen LogP contribution < -0.4 is 0 Å². The number of rotatable bonds is 1. The van der Waals surface area contributed by atoms with E-state index in [0.717, 1.165) is 0 Å². The Labute approximate surface area is 88.9 Å². The number of nitriles is 1.